The summed E-state index contributed by atoms with van der Waals surface area (Å²) in [6.45, 7) is 3.87. The summed E-state index contributed by atoms with van der Waals surface area (Å²) in [6.07, 6.45) is -0.109. The van der Waals surface area contributed by atoms with Crippen LogP contribution >= 0.6 is 23.2 Å². The van der Waals surface area contributed by atoms with E-state index in [1.54, 1.807) is 13.8 Å². The predicted octanol–water partition coefficient (Wildman–Crippen LogP) is 2.65. The van der Waals surface area contributed by atoms with Crippen LogP contribution in [0.1, 0.15) is 30.8 Å². The van der Waals surface area contributed by atoms with Crippen molar-refractivity contribution in [2.45, 2.75) is 26.3 Å². The molecule has 1 rings (SSSR count). The molecule has 0 bridgehead atoms. The summed E-state index contributed by atoms with van der Waals surface area (Å²) in [5.74, 6) is -1.27. The van der Waals surface area contributed by atoms with E-state index in [1.165, 1.54) is 11.0 Å². The molecule has 7 heteroatoms. The molecule has 5 nitrogen and oxygen atoms in total. The average molecular weight is 293 g/mol. The Morgan fingerprint density at radius 1 is 1.50 bits per heavy atom. The molecule has 0 spiro atoms. The molecule has 1 amide bonds. The van der Waals surface area contributed by atoms with E-state index >= 15 is 0 Å². The second-order valence-electron chi connectivity index (χ2n) is 3.88. The largest absolute Gasteiger partial charge is 0.481 e. The number of aromatic amines is 1. The summed E-state index contributed by atoms with van der Waals surface area (Å²) >= 11 is 11.5. The highest BCUT2D eigenvalue weighted by molar-refractivity contribution is 6.41. The molecule has 2 N–H and O–H groups in total. The molecule has 0 fully saturated rings. The van der Waals surface area contributed by atoms with E-state index in [1.807, 2.05) is 0 Å². The van der Waals surface area contributed by atoms with Crippen molar-refractivity contribution in [1.82, 2.24) is 9.88 Å². The van der Waals surface area contributed by atoms with E-state index in [-0.39, 0.29) is 28.2 Å². The molecule has 0 aliphatic heterocycles. The summed E-state index contributed by atoms with van der Waals surface area (Å²) in [5, 5.41) is 9.20. The van der Waals surface area contributed by atoms with Gasteiger partial charge in [0.1, 0.15) is 10.8 Å². The van der Waals surface area contributed by atoms with Gasteiger partial charge >= 0.3 is 5.97 Å². The number of carboxylic acid groups (broad SMARTS) is 1. The fourth-order valence-corrected chi connectivity index (χ4v) is 2.01. The Labute approximate surface area is 115 Å². The molecule has 1 unspecified atom stereocenters. The second kappa shape index (κ2) is 6.11. The molecule has 1 aromatic rings. The summed E-state index contributed by atoms with van der Waals surface area (Å²) < 4.78 is 0. The van der Waals surface area contributed by atoms with Gasteiger partial charge in [0.2, 0.25) is 0 Å². The minimum Gasteiger partial charge on any atom is -0.481 e. The Morgan fingerprint density at radius 3 is 2.50 bits per heavy atom. The number of carbonyl (C=O) groups excluding carboxylic acids is 1. The summed E-state index contributed by atoms with van der Waals surface area (Å²) in [7, 11) is 0. The lowest BCUT2D eigenvalue weighted by Crippen LogP contribution is -2.39. The number of rotatable bonds is 5. The summed E-state index contributed by atoms with van der Waals surface area (Å²) in [5.41, 5.74) is 0.254. The van der Waals surface area contributed by atoms with Crippen molar-refractivity contribution in [3.05, 3.63) is 21.9 Å². The number of hydrogen-bond donors (Lipinski definition) is 2. The van der Waals surface area contributed by atoms with E-state index in [2.05, 4.69) is 4.98 Å². The molecule has 0 saturated carbocycles. The number of nitrogens with one attached hydrogen (secondary N) is 1. The first kappa shape index (κ1) is 14.9. The van der Waals surface area contributed by atoms with E-state index in [9.17, 15) is 9.59 Å². The first-order chi connectivity index (χ1) is 8.36. The van der Waals surface area contributed by atoms with Crippen molar-refractivity contribution >= 4 is 35.1 Å². The molecule has 0 aliphatic carbocycles. The third kappa shape index (κ3) is 3.40. The molecule has 0 radical (unpaired) electrons. The SMILES string of the molecule is CCN(C(=O)c1cc(Cl)c(Cl)[nH]1)C(C)CC(=O)O. The molecular weight excluding hydrogens is 279 g/mol. The lowest BCUT2D eigenvalue weighted by Gasteiger charge is -2.26. The van der Waals surface area contributed by atoms with E-state index in [4.69, 9.17) is 28.3 Å². The molecule has 0 saturated heterocycles. The highest BCUT2D eigenvalue weighted by Gasteiger charge is 2.23. The van der Waals surface area contributed by atoms with Gasteiger partial charge in [-0.15, -0.1) is 0 Å². The minimum atomic E-state index is -0.948. The first-order valence-electron chi connectivity index (χ1n) is 5.43. The third-order valence-electron chi connectivity index (χ3n) is 2.56. The van der Waals surface area contributed by atoms with E-state index < -0.39 is 12.0 Å². The van der Waals surface area contributed by atoms with Crippen molar-refractivity contribution in [2.75, 3.05) is 6.54 Å². The normalized spacial score (nSPS) is 12.2. The van der Waals surface area contributed by atoms with Gasteiger partial charge in [-0.05, 0) is 19.9 Å². The van der Waals surface area contributed by atoms with Gasteiger partial charge in [0.25, 0.3) is 5.91 Å². The van der Waals surface area contributed by atoms with Crippen LogP contribution in [-0.4, -0.2) is 39.5 Å². The zero-order valence-electron chi connectivity index (χ0n) is 10.0. The zero-order chi connectivity index (χ0) is 13.9. The maximum atomic E-state index is 12.1. The molecule has 0 aromatic carbocycles. The number of halogens is 2. The second-order valence-corrected chi connectivity index (χ2v) is 4.67. The van der Waals surface area contributed by atoms with Crippen LogP contribution in [0.5, 0.6) is 0 Å². The van der Waals surface area contributed by atoms with Crippen LogP contribution in [0.15, 0.2) is 6.07 Å². The number of hydrogen-bond acceptors (Lipinski definition) is 2. The Kier molecular flexibility index (Phi) is 5.04. The lowest BCUT2D eigenvalue weighted by molar-refractivity contribution is -0.138. The van der Waals surface area contributed by atoms with Crippen molar-refractivity contribution in [1.29, 1.82) is 0 Å². The van der Waals surface area contributed by atoms with Gasteiger partial charge in [0.15, 0.2) is 0 Å². The Bertz CT molecular complexity index is 440. The van der Waals surface area contributed by atoms with Crippen LogP contribution in [-0.2, 0) is 4.79 Å². The van der Waals surface area contributed by atoms with Gasteiger partial charge in [-0.1, -0.05) is 23.2 Å². The predicted molar refractivity (Wildman–Crippen MR) is 69.2 cm³/mol. The molecule has 0 aliphatic rings. The Morgan fingerprint density at radius 2 is 2.11 bits per heavy atom. The molecule has 18 heavy (non-hydrogen) atoms. The number of carbonyl (C=O) groups is 2. The smallest absolute Gasteiger partial charge is 0.305 e. The Hall–Kier alpha value is -1.20. The number of aliphatic carboxylic acids is 1. The standard InChI is InChI=1S/C11H14Cl2N2O3/c1-3-15(6(2)4-9(16)17)11(18)8-5-7(12)10(13)14-8/h5-6,14H,3-4H2,1-2H3,(H,16,17). The van der Waals surface area contributed by atoms with Gasteiger partial charge in [-0.3, -0.25) is 9.59 Å². The van der Waals surface area contributed by atoms with Gasteiger partial charge in [-0.25, -0.2) is 0 Å². The van der Waals surface area contributed by atoms with E-state index in [0.717, 1.165) is 0 Å². The van der Waals surface area contributed by atoms with Gasteiger partial charge in [-0.2, -0.15) is 0 Å². The van der Waals surface area contributed by atoms with Crippen LogP contribution in [0.4, 0.5) is 0 Å². The van der Waals surface area contributed by atoms with Crippen molar-refractivity contribution < 1.29 is 14.7 Å². The molecule has 1 aromatic heterocycles. The molecule has 100 valence electrons. The van der Waals surface area contributed by atoms with Crippen LogP contribution in [0.2, 0.25) is 10.2 Å². The molecule has 1 heterocycles. The van der Waals surface area contributed by atoms with Crippen molar-refractivity contribution in [2.24, 2.45) is 0 Å². The lowest BCUT2D eigenvalue weighted by atomic mass is 10.2. The van der Waals surface area contributed by atoms with Crippen LogP contribution in [0.25, 0.3) is 0 Å². The fraction of sp³-hybridized carbons (Fsp3) is 0.455. The highest BCUT2D eigenvalue weighted by atomic mass is 35.5. The molecule has 1 atom stereocenters. The van der Waals surface area contributed by atoms with Gasteiger partial charge in [0, 0.05) is 12.6 Å². The highest BCUT2D eigenvalue weighted by Crippen LogP contribution is 2.23. The zero-order valence-corrected chi connectivity index (χ0v) is 11.5. The van der Waals surface area contributed by atoms with E-state index in [0.29, 0.717) is 6.54 Å². The average Bonchev–Trinajstić information content (AvgIpc) is 2.59. The van der Waals surface area contributed by atoms with Crippen LogP contribution < -0.4 is 0 Å². The van der Waals surface area contributed by atoms with Gasteiger partial charge < -0.3 is 15.0 Å². The van der Waals surface area contributed by atoms with Crippen LogP contribution in [0.3, 0.4) is 0 Å². The quantitative estimate of drug-likeness (QED) is 0.876. The maximum Gasteiger partial charge on any atom is 0.305 e. The monoisotopic (exact) mass is 292 g/mol. The van der Waals surface area contributed by atoms with Gasteiger partial charge in [0.05, 0.1) is 11.4 Å². The van der Waals surface area contributed by atoms with Crippen molar-refractivity contribution in [3.63, 3.8) is 0 Å². The minimum absolute atomic E-state index is 0.109. The molecular formula is C11H14Cl2N2O3. The Balaban J connectivity index is 2.88. The maximum absolute atomic E-state index is 12.1. The third-order valence-corrected chi connectivity index (χ3v) is 3.25. The fourth-order valence-electron chi connectivity index (χ4n) is 1.69. The summed E-state index contributed by atoms with van der Waals surface area (Å²) in [6, 6.07) is 1.03. The first-order valence-corrected chi connectivity index (χ1v) is 6.19. The summed E-state index contributed by atoms with van der Waals surface area (Å²) in [4.78, 5) is 26.9. The number of amides is 1. The number of H-pyrrole nitrogens is 1. The van der Waals surface area contributed by atoms with Crippen molar-refractivity contribution in [3.8, 4) is 0 Å². The topological polar surface area (TPSA) is 73.4 Å². The number of nitrogens with zero attached hydrogens (tertiary/aromatic N) is 1. The number of carboxylic acids is 1. The van der Waals surface area contributed by atoms with Crippen LogP contribution in [0, 0.1) is 0 Å². The number of aromatic nitrogens is 1.